The van der Waals surface area contributed by atoms with Crippen LogP contribution in [0.25, 0.3) is 6.08 Å². The second kappa shape index (κ2) is 6.39. The number of amides is 1. The molecule has 2 heteroatoms. The number of carbonyl (C=O) groups excluding carboxylic acids is 1. The van der Waals surface area contributed by atoms with Gasteiger partial charge in [0.25, 0.3) is 0 Å². The second-order valence-corrected chi connectivity index (χ2v) is 5.55. The van der Waals surface area contributed by atoms with Crippen molar-refractivity contribution in [2.75, 3.05) is 6.54 Å². The molecule has 0 fully saturated rings. The zero-order chi connectivity index (χ0) is 13.6. The van der Waals surface area contributed by atoms with Crippen molar-refractivity contribution in [3.63, 3.8) is 0 Å². The van der Waals surface area contributed by atoms with Crippen LogP contribution in [0.15, 0.2) is 30.3 Å². The Morgan fingerprint density at radius 1 is 1.33 bits per heavy atom. The molecule has 0 radical (unpaired) electrons. The Morgan fingerprint density at radius 2 is 2.06 bits per heavy atom. The lowest BCUT2D eigenvalue weighted by molar-refractivity contribution is -0.118. The summed E-state index contributed by atoms with van der Waals surface area (Å²) in [7, 11) is 0. The third-order valence-electron chi connectivity index (χ3n) is 2.75. The van der Waals surface area contributed by atoms with Gasteiger partial charge in [0.05, 0.1) is 0 Å². The second-order valence-electron chi connectivity index (χ2n) is 5.55. The van der Waals surface area contributed by atoms with Crippen molar-refractivity contribution in [2.45, 2.75) is 39.5 Å². The molecule has 0 bridgehead atoms. The van der Waals surface area contributed by atoms with Crippen molar-refractivity contribution in [1.29, 1.82) is 0 Å². The van der Waals surface area contributed by atoms with Crippen molar-refractivity contribution >= 4 is 12.0 Å². The number of benzene rings is 1. The standard InChI is InChI=1S/C16H23NO/c1-13(18)17-11-6-5-8-14-9-7-10-15(12-14)16(2,3)4/h5,7-10,12H,6,11H2,1-4H3,(H,17,18). The highest BCUT2D eigenvalue weighted by atomic mass is 16.1. The van der Waals surface area contributed by atoms with Gasteiger partial charge in [-0.05, 0) is 23.0 Å². The molecule has 0 saturated carbocycles. The van der Waals surface area contributed by atoms with Crippen LogP contribution in [0.5, 0.6) is 0 Å². The average molecular weight is 245 g/mol. The maximum atomic E-state index is 10.7. The van der Waals surface area contributed by atoms with Crippen molar-refractivity contribution in [3.05, 3.63) is 41.5 Å². The predicted molar refractivity (Wildman–Crippen MR) is 77.5 cm³/mol. The third-order valence-corrected chi connectivity index (χ3v) is 2.75. The fourth-order valence-electron chi connectivity index (χ4n) is 1.66. The van der Waals surface area contributed by atoms with Gasteiger partial charge in [0.2, 0.25) is 5.91 Å². The number of hydrogen-bond donors (Lipinski definition) is 1. The van der Waals surface area contributed by atoms with Crippen molar-refractivity contribution in [3.8, 4) is 0 Å². The first-order chi connectivity index (χ1) is 8.39. The smallest absolute Gasteiger partial charge is 0.216 e. The van der Waals surface area contributed by atoms with Gasteiger partial charge in [0.1, 0.15) is 0 Å². The molecule has 98 valence electrons. The Morgan fingerprint density at radius 3 is 2.67 bits per heavy atom. The summed E-state index contributed by atoms with van der Waals surface area (Å²) in [6.45, 7) is 8.88. The van der Waals surface area contributed by atoms with Crippen LogP contribution in [0.3, 0.4) is 0 Å². The minimum absolute atomic E-state index is 0.0260. The average Bonchev–Trinajstić information content (AvgIpc) is 2.27. The molecule has 0 atom stereocenters. The highest BCUT2D eigenvalue weighted by Crippen LogP contribution is 2.23. The third kappa shape index (κ3) is 5.17. The van der Waals surface area contributed by atoms with Crippen LogP contribution in [0.2, 0.25) is 0 Å². The normalized spacial score (nSPS) is 11.8. The van der Waals surface area contributed by atoms with Crippen molar-refractivity contribution in [1.82, 2.24) is 5.32 Å². The summed E-state index contributed by atoms with van der Waals surface area (Å²) in [6, 6.07) is 8.57. The summed E-state index contributed by atoms with van der Waals surface area (Å²) in [5.41, 5.74) is 2.73. The Labute approximate surface area is 110 Å². The molecule has 0 spiro atoms. The van der Waals surface area contributed by atoms with Crippen molar-refractivity contribution in [2.24, 2.45) is 0 Å². The van der Waals surface area contributed by atoms with E-state index < -0.39 is 0 Å². The molecule has 18 heavy (non-hydrogen) atoms. The van der Waals surface area contributed by atoms with E-state index in [1.807, 2.05) is 0 Å². The number of carbonyl (C=O) groups is 1. The lowest BCUT2D eigenvalue weighted by atomic mass is 9.86. The Bertz CT molecular complexity index is 427. The van der Waals surface area contributed by atoms with Crippen LogP contribution >= 0.6 is 0 Å². The molecular weight excluding hydrogens is 222 g/mol. The molecule has 1 N–H and O–H groups in total. The Hall–Kier alpha value is -1.57. The van der Waals surface area contributed by atoms with Gasteiger partial charge in [-0.3, -0.25) is 4.79 Å². The van der Waals surface area contributed by atoms with E-state index in [2.05, 4.69) is 62.5 Å². The zero-order valence-corrected chi connectivity index (χ0v) is 11.8. The van der Waals surface area contributed by atoms with Gasteiger partial charge in [-0.15, -0.1) is 0 Å². The van der Waals surface area contributed by atoms with Crippen LogP contribution in [-0.4, -0.2) is 12.5 Å². The lowest BCUT2D eigenvalue weighted by Gasteiger charge is -2.19. The van der Waals surface area contributed by atoms with E-state index in [1.165, 1.54) is 18.1 Å². The molecular formula is C16H23NO. The minimum Gasteiger partial charge on any atom is -0.356 e. The quantitative estimate of drug-likeness (QED) is 0.808. The Kier molecular flexibility index (Phi) is 5.14. The summed E-state index contributed by atoms with van der Waals surface area (Å²) >= 11 is 0. The predicted octanol–water partition coefficient (Wildman–Crippen LogP) is 3.52. The largest absolute Gasteiger partial charge is 0.356 e. The molecule has 0 aliphatic carbocycles. The van der Waals surface area contributed by atoms with E-state index in [4.69, 9.17) is 0 Å². The van der Waals surface area contributed by atoms with Crippen LogP contribution < -0.4 is 5.32 Å². The van der Waals surface area contributed by atoms with Gasteiger partial charge >= 0.3 is 0 Å². The van der Waals surface area contributed by atoms with Crippen LogP contribution in [0, 0.1) is 0 Å². The topological polar surface area (TPSA) is 29.1 Å². The molecule has 1 rings (SSSR count). The highest BCUT2D eigenvalue weighted by molar-refractivity contribution is 5.72. The first-order valence-electron chi connectivity index (χ1n) is 6.41. The zero-order valence-electron chi connectivity index (χ0n) is 11.8. The van der Waals surface area contributed by atoms with Gasteiger partial charge in [-0.2, -0.15) is 0 Å². The molecule has 0 aromatic heterocycles. The fraction of sp³-hybridized carbons (Fsp3) is 0.438. The number of rotatable bonds is 4. The molecule has 0 unspecified atom stereocenters. The molecule has 0 saturated heterocycles. The van der Waals surface area contributed by atoms with Crippen LogP contribution in [-0.2, 0) is 10.2 Å². The monoisotopic (exact) mass is 245 g/mol. The first kappa shape index (κ1) is 14.5. The van der Waals surface area contributed by atoms with E-state index in [0.717, 1.165) is 6.42 Å². The lowest BCUT2D eigenvalue weighted by Crippen LogP contribution is -2.20. The van der Waals surface area contributed by atoms with Gasteiger partial charge in [-0.1, -0.05) is 57.2 Å². The van der Waals surface area contributed by atoms with Gasteiger partial charge < -0.3 is 5.32 Å². The van der Waals surface area contributed by atoms with Crippen LogP contribution in [0.4, 0.5) is 0 Å². The fourth-order valence-corrected chi connectivity index (χ4v) is 1.66. The molecule has 1 amide bonds. The summed E-state index contributed by atoms with van der Waals surface area (Å²) in [6.07, 6.45) is 5.06. The molecule has 0 aliphatic rings. The van der Waals surface area contributed by atoms with E-state index in [9.17, 15) is 4.79 Å². The van der Waals surface area contributed by atoms with E-state index in [0.29, 0.717) is 6.54 Å². The van der Waals surface area contributed by atoms with E-state index in [-0.39, 0.29) is 11.3 Å². The van der Waals surface area contributed by atoms with E-state index in [1.54, 1.807) is 0 Å². The minimum atomic E-state index is 0.0260. The maximum Gasteiger partial charge on any atom is 0.216 e. The van der Waals surface area contributed by atoms with E-state index >= 15 is 0 Å². The molecule has 1 aromatic carbocycles. The first-order valence-corrected chi connectivity index (χ1v) is 6.41. The molecule has 2 nitrogen and oxygen atoms in total. The number of nitrogens with one attached hydrogen (secondary N) is 1. The number of hydrogen-bond acceptors (Lipinski definition) is 1. The van der Waals surface area contributed by atoms with Gasteiger partial charge in [0.15, 0.2) is 0 Å². The SMILES string of the molecule is CC(=O)NCCC=Cc1cccc(C(C)(C)C)c1. The van der Waals surface area contributed by atoms with Gasteiger partial charge in [0, 0.05) is 13.5 Å². The van der Waals surface area contributed by atoms with Crippen LogP contribution in [0.1, 0.15) is 45.2 Å². The molecule has 0 aliphatic heterocycles. The van der Waals surface area contributed by atoms with Gasteiger partial charge in [-0.25, -0.2) is 0 Å². The highest BCUT2D eigenvalue weighted by Gasteiger charge is 2.12. The summed E-state index contributed by atoms with van der Waals surface area (Å²) in [4.78, 5) is 10.7. The molecule has 1 aromatic rings. The maximum absolute atomic E-state index is 10.7. The summed E-state index contributed by atoms with van der Waals surface area (Å²) in [5.74, 6) is 0.0260. The summed E-state index contributed by atoms with van der Waals surface area (Å²) in [5, 5.41) is 2.78. The summed E-state index contributed by atoms with van der Waals surface area (Å²) < 4.78 is 0. The molecule has 0 heterocycles. The Balaban J connectivity index is 2.57. The van der Waals surface area contributed by atoms with Crippen molar-refractivity contribution < 1.29 is 4.79 Å².